The molecule has 0 saturated carbocycles. The molecule has 5 rings (SSSR count). The van der Waals surface area contributed by atoms with Crippen molar-refractivity contribution in [2.24, 2.45) is 5.14 Å². The number of thioether (sulfide) groups is 1. The van der Waals surface area contributed by atoms with Crippen LogP contribution in [0.25, 0.3) is 6.08 Å². The third kappa shape index (κ3) is 9.20. The molecule has 12 heteroatoms. The Labute approximate surface area is 287 Å². The van der Waals surface area contributed by atoms with Crippen molar-refractivity contribution in [2.75, 3.05) is 10.6 Å². The summed E-state index contributed by atoms with van der Waals surface area (Å²) in [5, 5.41) is 13.3. The zero-order valence-electron chi connectivity index (χ0n) is 25.2. The molecule has 0 heterocycles. The van der Waals surface area contributed by atoms with Crippen molar-refractivity contribution >= 4 is 68.6 Å². The zero-order valence-corrected chi connectivity index (χ0v) is 27.6. The first-order chi connectivity index (χ1) is 23.1. The van der Waals surface area contributed by atoms with Gasteiger partial charge >= 0.3 is 0 Å². The van der Waals surface area contributed by atoms with E-state index < -0.39 is 27.1 Å². The maximum atomic E-state index is 13.5. The Morgan fingerprint density at radius 2 is 1.27 bits per heavy atom. The smallest absolute Gasteiger partial charge is 0.272 e. The predicted octanol–water partition coefficient (Wildman–Crippen LogP) is 6.87. The van der Waals surface area contributed by atoms with Crippen LogP contribution in [-0.2, 0) is 19.6 Å². The highest BCUT2D eigenvalue weighted by molar-refractivity contribution is 8.00. The van der Waals surface area contributed by atoms with Gasteiger partial charge in [-0.25, -0.2) is 13.6 Å². The average molecular weight is 697 g/mol. The third-order valence-corrected chi connectivity index (χ3v) is 9.43. The first kappa shape index (κ1) is 34.1. The molecule has 0 aliphatic carbocycles. The summed E-state index contributed by atoms with van der Waals surface area (Å²) in [6, 6.07) is 37.2. The Morgan fingerprint density at radius 3 is 1.90 bits per heavy atom. The fourth-order valence-electron chi connectivity index (χ4n) is 4.48. The van der Waals surface area contributed by atoms with E-state index in [1.165, 1.54) is 42.1 Å². The second-order valence-corrected chi connectivity index (χ2v) is 13.5. The van der Waals surface area contributed by atoms with Gasteiger partial charge in [-0.2, -0.15) is 0 Å². The van der Waals surface area contributed by atoms with Crippen LogP contribution in [0.15, 0.2) is 149 Å². The molecule has 0 aliphatic heterocycles. The van der Waals surface area contributed by atoms with Gasteiger partial charge < -0.3 is 16.0 Å². The highest BCUT2D eigenvalue weighted by Crippen LogP contribution is 2.37. The van der Waals surface area contributed by atoms with Gasteiger partial charge in [-0.3, -0.25) is 14.4 Å². The molecule has 48 heavy (non-hydrogen) atoms. The summed E-state index contributed by atoms with van der Waals surface area (Å²) in [5.41, 5.74) is 2.55. The van der Waals surface area contributed by atoms with E-state index in [1.807, 2.05) is 30.3 Å². The van der Waals surface area contributed by atoms with Crippen LogP contribution in [0.3, 0.4) is 0 Å². The van der Waals surface area contributed by atoms with Crippen molar-refractivity contribution in [1.82, 2.24) is 5.32 Å². The highest BCUT2D eigenvalue weighted by atomic mass is 35.5. The summed E-state index contributed by atoms with van der Waals surface area (Å²) in [7, 11) is -3.87. The van der Waals surface area contributed by atoms with Crippen molar-refractivity contribution in [3.05, 3.63) is 161 Å². The van der Waals surface area contributed by atoms with Gasteiger partial charge in [-0.15, -0.1) is 11.8 Å². The van der Waals surface area contributed by atoms with Gasteiger partial charge in [0.15, 0.2) is 0 Å². The lowest BCUT2D eigenvalue weighted by Crippen LogP contribution is -2.30. The number of hydrogen-bond acceptors (Lipinski definition) is 6. The van der Waals surface area contributed by atoms with Crippen LogP contribution < -0.4 is 21.1 Å². The van der Waals surface area contributed by atoms with E-state index in [2.05, 4.69) is 16.0 Å². The van der Waals surface area contributed by atoms with Gasteiger partial charge in [-0.05, 0) is 83.9 Å². The molecule has 1 unspecified atom stereocenters. The molecule has 0 radical (unpaired) electrons. The van der Waals surface area contributed by atoms with Crippen molar-refractivity contribution in [3.8, 4) is 0 Å². The van der Waals surface area contributed by atoms with Crippen LogP contribution >= 0.6 is 23.4 Å². The maximum Gasteiger partial charge on any atom is 0.272 e. The van der Waals surface area contributed by atoms with Gasteiger partial charge in [0.1, 0.15) is 10.9 Å². The summed E-state index contributed by atoms with van der Waals surface area (Å²) in [4.78, 5) is 40.5. The molecule has 0 fully saturated rings. The topological polar surface area (TPSA) is 147 Å². The van der Waals surface area contributed by atoms with Gasteiger partial charge in [0.25, 0.3) is 11.8 Å². The molecule has 5 aromatic carbocycles. The van der Waals surface area contributed by atoms with Crippen LogP contribution in [0.1, 0.15) is 26.7 Å². The number of halogens is 1. The number of nitrogens with two attached hydrogens (primary N) is 1. The molecular weight excluding hydrogens is 668 g/mol. The van der Waals surface area contributed by atoms with Crippen molar-refractivity contribution < 1.29 is 22.8 Å². The molecule has 242 valence electrons. The lowest BCUT2D eigenvalue weighted by atomic mass is 10.1. The standard InChI is InChI=1S/C36H29ClN4O5S2/c37-31-14-8-7-13-26(31)23-32(41-34(42)25-11-5-2-6-12-25)35(43)39-27-15-19-29(20-16-27)47-33(24-9-3-1-4-10-24)36(44)40-28-17-21-30(22-18-28)48(38,45)46/h1-23,33H,(H,39,43)(H,40,44)(H,41,42)(H2,38,45,46)/b32-23-. The summed E-state index contributed by atoms with van der Waals surface area (Å²) < 4.78 is 23.2. The zero-order chi connectivity index (χ0) is 34.1. The van der Waals surface area contributed by atoms with E-state index in [0.29, 0.717) is 27.5 Å². The summed E-state index contributed by atoms with van der Waals surface area (Å²) in [6.07, 6.45) is 1.51. The number of carbonyl (C=O) groups excluding carboxylic acids is 3. The lowest BCUT2D eigenvalue weighted by Gasteiger charge is -2.18. The number of anilines is 2. The first-order valence-corrected chi connectivity index (χ1v) is 17.3. The average Bonchev–Trinajstić information content (AvgIpc) is 3.09. The van der Waals surface area contributed by atoms with Crippen LogP contribution in [0.4, 0.5) is 11.4 Å². The van der Waals surface area contributed by atoms with E-state index in [-0.39, 0.29) is 16.5 Å². The van der Waals surface area contributed by atoms with Gasteiger partial charge in [0.2, 0.25) is 15.9 Å². The first-order valence-electron chi connectivity index (χ1n) is 14.5. The minimum Gasteiger partial charge on any atom is -0.325 e. The van der Waals surface area contributed by atoms with Crippen molar-refractivity contribution in [2.45, 2.75) is 15.0 Å². The normalized spacial score (nSPS) is 12.1. The molecule has 0 saturated heterocycles. The van der Waals surface area contributed by atoms with Crippen LogP contribution in [0.5, 0.6) is 0 Å². The number of amides is 3. The SMILES string of the molecule is NS(=O)(=O)c1ccc(NC(=O)C(Sc2ccc(NC(=O)/C(=C/c3ccccc3Cl)NC(=O)c3ccccc3)cc2)c2ccccc2)cc1. The van der Waals surface area contributed by atoms with Crippen molar-refractivity contribution in [3.63, 3.8) is 0 Å². The molecule has 9 nitrogen and oxygen atoms in total. The molecule has 0 spiro atoms. The largest absolute Gasteiger partial charge is 0.325 e. The number of nitrogens with one attached hydrogen (secondary N) is 3. The molecule has 3 amide bonds. The highest BCUT2D eigenvalue weighted by Gasteiger charge is 2.23. The Bertz CT molecular complexity index is 2060. The molecule has 1 atom stereocenters. The monoisotopic (exact) mass is 696 g/mol. The number of carbonyl (C=O) groups is 3. The molecular formula is C36H29ClN4O5S2. The lowest BCUT2D eigenvalue weighted by molar-refractivity contribution is -0.116. The molecule has 0 aliphatic rings. The number of rotatable bonds is 11. The summed E-state index contributed by atoms with van der Waals surface area (Å²) in [5.74, 6) is -1.34. The Morgan fingerprint density at radius 1 is 0.708 bits per heavy atom. The van der Waals surface area contributed by atoms with E-state index in [9.17, 15) is 22.8 Å². The number of hydrogen-bond donors (Lipinski definition) is 4. The number of primary sulfonamides is 1. The van der Waals surface area contributed by atoms with E-state index in [0.717, 1.165) is 10.5 Å². The summed E-state index contributed by atoms with van der Waals surface area (Å²) >= 11 is 7.63. The number of sulfonamides is 1. The maximum absolute atomic E-state index is 13.5. The Hall–Kier alpha value is -5.20. The second kappa shape index (κ2) is 15.6. The van der Waals surface area contributed by atoms with Crippen LogP contribution in [0.2, 0.25) is 5.02 Å². The van der Waals surface area contributed by atoms with Gasteiger partial charge in [-0.1, -0.05) is 78.3 Å². The predicted molar refractivity (Wildman–Crippen MR) is 190 cm³/mol. The summed E-state index contributed by atoms with van der Waals surface area (Å²) in [6.45, 7) is 0. The minimum atomic E-state index is -3.87. The van der Waals surface area contributed by atoms with Crippen LogP contribution in [0, 0.1) is 0 Å². The fraction of sp³-hybridized carbons (Fsp3) is 0.0278. The van der Waals surface area contributed by atoms with E-state index in [4.69, 9.17) is 16.7 Å². The number of benzene rings is 5. The molecule has 0 bridgehead atoms. The Kier molecular flexibility index (Phi) is 11.1. The van der Waals surface area contributed by atoms with Gasteiger partial charge in [0, 0.05) is 26.9 Å². The molecule has 5 N–H and O–H groups in total. The minimum absolute atomic E-state index is 0.00619. The molecule has 0 aromatic heterocycles. The third-order valence-electron chi connectivity index (χ3n) is 6.89. The quantitative estimate of drug-likeness (QED) is 0.0876. The van der Waals surface area contributed by atoms with Crippen molar-refractivity contribution in [1.29, 1.82) is 0 Å². The van der Waals surface area contributed by atoms with Gasteiger partial charge in [0.05, 0.1) is 4.90 Å². The molecule has 5 aromatic rings. The fourth-order valence-corrected chi connectivity index (χ4v) is 6.21. The van der Waals surface area contributed by atoms with Crippen LogP contribution in [-0.4, -0.2) is 26.1 Å². The van der Waals surface area contributed by atoms with E-state index in [1.54, 1.807) is 78.9 Å². The Balaban J connectivity index is 1.32. The van der Waals surface area contributed by atoms with E-state index >= 15 is 0 Å². The second-order valence-electron chi connectivity index (χ2n) is 10.3.